The van der Waals surface area contributed by atoms with Gasteiger partial charge in [-0.3, -0.25) is 0 Å². The van der Waals surface area contributed by atoms with Gasteiger partial charge in [0.15, 0.2) is 0 Å². The molecule has 0 rings (SSSR count). The zero-order valence-corrected chi connectivity index (χ0v) is 14.7. The van der Waals surface area contributed by atoms with Crippen molar-refractivity contribution in [3.8, 4) is 0 Å². The van der Waals surface area contributed by atoms with Crippen LogP contribution in [0, 0.1) is 0 Å². The number of aliphatic hydroxyl groups excluding tert-OH is 1. The van der Waals surface area contributed by atoms with Crippen molar-refractivity contribution in [1.29, 1.82) is 0 Å². The van der Waals surface area contributed by atoms with E-state index in [0.29, 0.717) is 0 Å². The summed E-state index contributed by atoms with van der Waals surface area (Å²) in [6.07, 6.45) is 17.2. The van der Waals surface area contributed by atoms with E-state index in [2.05, 4.69) is 13.8 Å². The molecule has 0 saturated carbocycles. The molecule has 0 aromatic heterocycles. The van der Waals surface area contributed by atoms with Gasteiger partial charge in [-0.15, -0.1) is 0 Å². The second-order valence-corrected chi connectivity index (χ2v) is 6.73. The Labute approximate surface area is 133 Å². The molecular formula is C19H40O2. The second kappa shape index (κ2) is 14.8. The molecule has 0 heterocycles. The van der Waals surface area contributed by atoms with Gasteiger partial charge in [0.05, 0.1) is 5.60 Å². The topological polar surface area (TPSA) is 40.5 Å². The first-order valence-electron chi connectivity index (χ1n) is 9.51. The van der Waals surface area contributed by atoms with Crippen molar-refractivity contribution in [3.05, 3.63) is 0 Å². The van der Waals surface area contributed by atoms with E-state index in [1.54, 1.807) is 0 Å². The van der Waals surface area contributed by atoms with Crippen LogP contribution in [0.4, 0.5) is 0 Å². The van der Waals surface area contributed by atoms with Gasteiger partial charge in [0, 0.05) is 6.61 Å². The third-order valence-corrected chi connectivity index (χ3v) is 4.54. The van der Waals surface area contributed by atoms with Gasteiger partial charge >= 0.3 is 0 Å². The van der Waals surface area contributed by atoms with Crippen LogP contribution in [0.1, 0.15) is 110 Å². The lowest BCUT2D eigenvalue weighted by Crippen LogP contribution is -2.28. The summed E-state index contributed by atoms with van der Waals surface area (Å²) >= 11 is 0. The number of rotatable bonds is 16. The van der Waals surface area contributed by atoms with Crippen LogP contribution in [0.3, 0.4) is 0 Å². The van der Waals surface area contributed by atoms with Crippen LogP contribution in [-0.4, -0.2) is 22.4 Å². The van der Waals surface area contributed by atoms with Crippen molar-refractivity contribution in [1.82, 2.24) is 0 Å². The Bertz CT molecular complexity index is 190. The highest BCUT2D eigenvalue weighted by Crippen LogP contribution is 2.28. The molecule has 21 heavy (non-hydrogen) atoms. The maximum atomic E-state index is 10.9. The molecule has 0 radical (unpaired) electrons. The molecule has 0 unspecified atom stereocenters. The number of unbranched alkanes of at least 4 members (excludes halogenated alkanes) is 9. The van der Waals surface area contributed by atoms with Crippen molar-refractivity contribution < 1.29 is 10.2 Å². The molecule has 0 atom stereocenters. The highest BCUT2D eigenvalue weighted by atomic mass is 16.3. The van der Waals surface area contributed by atoms with Gasteiger partial charge in [-0.25, -0.2) is 0 Å². The summed E-state index contributed by atoms with van der Waals surface area (Å²) in [5, 5.41) is 19.8. The number of hydrogen-bond acceptors (Lipinski definition) is 2. The van der Waals surface area contributed by atoms with Gasteiger partial charge in [-0.1, -0.05) is 78.1 Å². The van der Waals surface area contributed by atoms with Crippen LogP contribution in [0.15, 0.2) is 0 Å². The second-order valence-electron chi connectivity index (χ2n) is 6.73. The molecule has 0 bridgehead atoms. The van der Waals surface area contributed by atoms with Crippen LogP contribution in [0.25, 0.3) is 0 Å². The third kappa shape index (κ3) is 13.3. The summed E-state index contributed by atoms with van der Waals surface area (Å²) in [6.45, 7) is 4.73. The summed E-state index contributed by atoms with van der Waals surface area (Å²) in [6, 6.07) is 0. The molecule has 0 saturated heterocycles. The summed E-state index contributed by atoms with van der Waals surface area (Å²) in [5.41, 5.74) is -0.465. The van der Waals surface area contributed by atoms with E-state index in [1.165, 1.54) is 51.4 Å². The smallest absolute Gasteiger partial charge is 0.0647 e. The Hall–Kier alpha value is -0.0800. The molecule has 128 valence electrons. The maximum absolute atomic E-state index is 10.9. The highest BCUT2D eigenvalue weighted by Gasteiger charge is 2.25. The number of hydrogen-bond donors (Lipinski definition) is 2. The van der Waals surface area contributed by atoms with E-state index in [-0.39, 0.29) is 6.61 Å². The van der Waals surface area contributed by atoms with Crippen molar-refractivity contribution >= 4 is 0 Å². The normalized spacial score (nSPS) is 12.0. The molecule has 0 amide bonds. The summed E-state index contributed by atoms with van der Waals surface area (Å²) < 4.78 is 0. The molecule has 2 nitrogen and oxygen atoms in total. The van der Waals surface area contributed by atoms with Crippen LogP contribution in [0.2, 0.25) is 0 Å². The van der Waals surface area contributed by atoms with E-state index in [4.69, 9.17) is 5.11 Å². The monoisotopic (exact) mass is 300 g/mol. The zero-order chi connectivity index (χ0) is 15.8. The van der Waals surface area contributed by atoms with E-state index in [9.17, 15) is 5.11 Å². The Morgan fingerprint density at radius 2 is 0.952 bits per heavy atom. The first-order chi connectivity index (χ1) is 10.2. The largest absolute Gasteiger partial charge is 0.396 e. The third-order valence-electron chi connectivity index (χ3n) is 4.54. The van der Waals surface area contributed by atoms with Crippen LogP contribution in [-0.2, 0) is 0 Å². The van der Waals surface area contributed by atoms with Crippen molar-refractivity contribution in [2.24, 2.45) is 0 Å². The van der Waals surface area contributed by atoms with Crippen LogP contribution in [0.5, 0.6) is 0 Å². The molecule has 0 aromatic carbocycles. The minimum atomic E-state index is -0.465. The fourth-order valence-corrected chi connectivity index (χ4v) is 3.06. The Morgan fingerprint density at radius 1 is 0.571 bits per heavy atom. The highest BCUT2D eigenvalue weighted by molar-refractivity contribution is 4.78. The Morgan fingerprint density at radius 3 is 1.33 bits per heavy atom. The fourth-order valence-electron chi connectivity index (χ4n) is 3.06. The van der Waals surface area contributed by atoms with E-state index >= 15 is 0 Å². The average Bonchev–Trinajstić information content (AvgIpc) is 2.47. The molecule has 2 N–H and O–H groups in total. The summed E-state index contributed by atoms with van der Waals surface area (Å²) in [5.74, 6) is 0. The van der Waals surface area contributed by atoms with Crippen LogP contribution >= 0.6 is 0 Å². The lowest BCUT2D eigenvalue weighted by atomic mass is 9.85. The minimum absolute atomic E-state index is 0.253. The molecule has 0 fully saturated rings. The van der Waals surface area contributed by atoms with Gasteiger partial charge < -0.3 is 10.2 Å². The molecule has 0 aliphatic carbocycles. The summed E-state index contributed by atoms with van der Waals surface area (Å²) in [4.78, 5) is 0. The van der Waals surface area contributed by atoms with Gasteiger partial charge in [-0.2, -0.15) is 0 Å². The molecule has 0 spiro atoms. The predicted molar refractivity (Wildman–Crippen MR) is 92.6 cm³/mol. The zero-order valence-electron chi connectivity index (χ0n) is 14.7. The molecule has 0 aliphatic heterocycles. The average molecular weight is 301 g/mol. The van der Waals surface area contributed by atoms with Gasteiger partial charge in [0.1, 0.15) is 0 Å². The predicted octanol–water partition coefficient (Wildman–Crippen LogP) is 5.60. The van der Waals surface area contributed by atoms with Gasteiger partial charge in [0.25, 0.3) is 0 Å². The molecule has 2 heteroatoms. The van der Waals surface area contributed by atoms with E-state index in [0.717, 1.165) is 44.9 Å². The lowest BCUT2D eigenvalue weighted by molar-refractivity contribution is 0.00633. The van der Waals surface area contributed by atoms with E-state index < -0.39 is 5.60 Å². The first-order valence-corrected chi connectivity index (χ1v) is 9.51. The fraction of sp³-hybridized carbons (Fsp3) is 1.00. The SMILES string of the molecule is CCCCCCCC(O)(CCCCO)CCCCCCC. The molecular weight excluding hydrogens is 260 g/mol. The Balaban J connectivity index is 3.95. The maximum Gasteiger partial charge on any atom is 0.0647 e. The standard InChI is InChI=1S/C19H40O2/c1-3-5-7-9-11-15-19(21,17-13-14-18-20)16-12-10-8-6-4-2/h20-21H,3-18H2,1-2H3. The van der Waals surface area contributed by atoms with Crippen molar-refractivity contribution in [2.75, 3.05) is 6.61 Å². The minimum Gasteiger partial charge on any atom is -0.396 e. The molecule has 0 aliphatic rings. The Kier molecular flexibility index (Phi) is 14.8. The summed E-state index contributed by atoms with van der Waals surface area (Å²) in [7, 11) is 0. The first kappa shape index (κ1) is 20.9. The molecule has 0 aromatic rings. The van der Waals surface area contributed by atoms with Gasteiger partial charge in [-0.05, 0) is 32.1 Å². The van der Waals surface area contributed by atoms with Crippen molar-refractivity contribution in [3.63, 3.8) is 0 Å². The van der Waals surface area contributed by atoms with Crippen LogP contribution < -0.4 is 0 Å². The van der Waals surface area contributed by atoms with E-state index in [1.807, 2.05) is 0 Å². The van der Waals surface area contributed by atoms with Gasteiger partial charge in [0.2, 0.25) is 0 Å². The quantitative estimate of drug-likeness (QED) is 0.364. The lowest BCUT2D eigenvalue weighted by Gasteiger charge is -2.28. The van der Waals surface area contributed by atoms with Crippen molar-refractivity contribution in [2.45, 2.75) is 116 Å². The number of aliphatic hydroxyl groups is 2.